The number of nitrogens with zero attached hydrogens (tertiary/aromatic N) is 2. The van der Waals surface area contributed by atoms with E-state index in [1.165, 1.54) is 0 Å². The first kappa shape index (κ1) is 22.9. The summed E-state index contributed by atoms with van der Waals surface area (Å²) in [6.07, 6.45) is 2.43. The number of hydrogen-bond donors (Lipinski definition) is 0. The van der Waals surface area contributed by atoms with Gasteiger partial charge in [-0.3, -0.25) is 0 Å². The summed E-state index contributed by atoms with van der Waals surface area (Å²) < 4.78 is 17.6. The first-order valence-corrected chi connectivity index (χ1v) is 12.2. The highest BCUT2D eigenvalue weighted by molar-refractivity contribution is 6.35. The highest BCUT2D eigenvalue weighted by Gasteiger charge is 2.42. The van der Waals surface area contributed by atoms with E-state index in [1.54, 1.807) is 13.2 Å². The maximum atomic E-state index is 6.57. The van der Waals surface area contributed by atoms with Crippen molar-refractivity contribution in [1.82, 2.24) is 5.01 Å². The lowest BCUT2D eigenvalue weighted by Gasteiger charge is -2.38. The number of rotatable bonds is 7. The van der Waals surface area contributed by atoms with Crippen LogP contribution in [0.15, 0.2) is 65.8 Å². The average molecular weight is 497 g/mol. The quantitative estimate of drug-likeness (QED) is 0.319. The third-order valence-corrected chi connectivity index (χ3v) is 6.66. The van der Waals surface area contributed by atoms with E-state index in [-0.39, 0.29) is 6.04 Å². The molecule has 2 aliphatic heterocycles. The SMILES string of the molecule is CCCCOc1ccc([C@H]2Oc3c(Cl)cc(Cl)cc3[C@H]3CC(c4ccc(OC)cc4)=NN32)cc1. The zero-order chi connectivity index (χ0) is 23.7. The monoisotopic (exact) mass is 496 g/mol. The number of benzene rings is 3. The molecule has 0 aromatic heterocycles. The molecule has 0 N–H and O–H groups in total. The van der Waals surface area contributed by atoms with E-state index in [0.29, 0.717) is 28.8 Å². The summed E-state index contributed by atoms with van der Waals surface area (Å²) in [7, 11) is 1.66. The van der Waals surface area contributed by atoms with Crippen LogP contribution >= 0.6 is 23.2 Å². The summed E-state index contributed by atoms with van der Waals surface area (Å²) >= 11 is 12.9. The highest BCUT2D eigenvalue weighted by atomic mass is 35.5. The highest BCUT2D eigenvalue weighted by Crippen LogP contribution is 2.50. The molecule has 0 radical (unpaired) electrons. The van der Waals surface area contributed by atoms with E-state index in [1.807, 2.05) is 59.6 Å². The first-order chi connectivity index (χ1) is 16.6. The van der Waals surface area contributed by atoms with Crippen molar-refractivity contribution < 1.29 is 14.2 Å². The van der Waals surface area contributed by atoms with Crippen molar-refractivity contribution in [2.45, 2.75) is 38.5 Å². The van der Waals surface area contributed by atoms with Crippen LogP contribution in [0, 0.1) is 0 Å². The fourth-order valence-electron chi connectivity index (χ4n) is 4.36. The summed E-state index contributed by atoms with van der Waals surface area (Å²) in [5.74, 6) is 2.32. The summed E-state index contributed by atoms with van der Waals surface area (Å²) in [5, 5.41) is 8.10. The van der Waals surface area contributed by atoms with Crippen molar-refractivity contribution in [3.8, 4) is 17.2 Å². The van der Waals surface area contributed by atoms with Gasteiger partial charge < -0.3 is 14.2 Å². The molecule has 0 amide bonds. The van der Waals surface area contributed by atoms with Crippen LogP contribution in [-0.4, -0.2) is 24.4 Å². The van der Waals surface area contributed by atoms with Crippen LogP contribution in [-0.2, 0) is 0 Å². The molecule has 0 unspecified atom stereocenters. The maximum Gasteiger partial charge on any atom is 0.213 e. The summed E-state index contributed by atoms with van der Waals surface area (Å²) in [6.45, 7) is 2.86. The molecule has 176 valence electrons. The Morgan fingerprint density at radius 2 is 1.76 bits per heavy atom. The second-order valence-electron chi connectivity index (χ2n) is 8.42. The first-order valence-electron chi connectivity index (χ1n) is 11.5. The minimum absolute atomic E-state index is 0.0393. The third-order valence-electron chi connectivity index (χ3n) is 6.16. The van der Waals surface area contributed by atoms with Crippen LogP contribution in [0.5, 0.6) is 17.2 Å². The molecule has 0 saturated carbocycles. The Bertz CT molecular complexity index is 1200. The zero-order valence-electron chi connectivity index (χ0n) is 19.1. The molecule has 2 atom stereocenters. The Labute approximate surface area is 209 Å². The Balaban J connectivity index is 1.50. The van der Waals surface area contributed by atoms with E-state index in [0.717, 1.165) is 46.7 Å². The smallest absolute Gasteiger partial charge is 0.213 e. The van der Waals surface area contributed by atoms with Crippen LogP contribution in [0.2, 0.25) is 10.0 Å². The molecule has 2 aliphatic rings. The molecule has 34 heavy (non-hydrogen) atoms. The number of unbranched alkanes of at least 4 members (excludes halogenated alkanes) is 1. The van der Waals surface area contributed by atoms with E-state index in [9.17, 15) is 0 Å². The fraction of sp³-hybridized carbons (Fsp3) is 0.296. The molecule has 0 spiro atoms. The topological polar surface area (TPSA) is 43.3 Å². The molecular formula is C27H26Cl2N2O3. The molecular weight excluding hydrogens is 471 g/mol. The van der Waals surface area contributed by atoms with Gasteiger partial charge in [-0.05, 0) is 72.6 Å². The molecule has 3 aromatic carbocycles. The van der Waals surface area contributed by atoms with Crippen molar-refractivity contribution in [1.29, 1.82) is 0 Å². The van der Waals surface area contributed by atoms with Crippen LogP contribution in [0.4, 0.5) is 0 Å². The van der Waals surface area contributed by atoms with Gasteiger partial charge in [-0.2, -0.15) is 5.10 Å². The Hall–Kier alpha value is -2.89. The van der Waals surface area contributed by atoms with E-state index in [4.69, 9.17) is 42.5 Å². The number of halogens is 2. The van der Waals surface area contributed by atoms with Crippen LogP contribution in [0.3, 0.4) is 0 Å². The van der Waals surface area contributed by atoms with Crippen LogP contribution in [0.25, 0.3) is 0 Å². The van der Waals surface area contributed by atoms with Crippen molar-refractivity contribution in [2.75, 3.05) is 13.7 Å². The van der Waals surface area contributed by atoms with Crippen molar-refractivity contribution in [3.63, 3.8) is 0 Å². The summed E-state index contributed by atoms with van der Waals surface area (Å²) in [6, 6.07) is 19.6. The predicted molar refractivity (Wildman–Crippen MR) is 135 cm³/mol. The standard InChI is InChI=1S/C27H26Cl2N2O3/c1-3-4-13-33-21-11-7-18(8-12-21)27-31-25(22-14-19(28)15-23(29)26(22)34-27)16-24(30-31)17-5-9-20(32-2)10-6-17/h5-12,14-15,25,27H,3-4,13,16H2,1-2H3/t25-,27-/m1/s1. The minimum atomic E-state index is -0.420. The van der Waals surface area contributed by atoms with Gasteiger partial charge in [0, 0.05) is 22.6 Å². The number of hydrogen-bond acceptors (Lipinski definition) is 5. The van der Waals surface area contributed by atoms with E-state index in [2.05, 4.69) is 6.92 Å². The van der Waals surface area contributed by atoms with Gasteiger partial charge in [0.15, 0.2) is 0 Å². The molecule has 3 aromatic rings. The van der Waals surface area contributed by atoms with Crippen molar-refractivity contribution in [2.24, 2.45) is 5.10 Å². The van der Waals surface area contributed by atoms with Crippen molar-refractivity contribution >= 4 is 28.9 Å². The normalized spacial score (nSPS) is 18.6. The fourth-order valence-corrected chi connectivity index (χ4v) is 4.91. The Morgan fingerprint density at radius 1 is 1.03 bits per heavy atom. The lowest BCUT2D eigenvalue weighted by molar-refractivity contribution is -0.0189. The average Bonchev–Trinajstić information content (AvgIpc) is 3.30. The van der Waals surface area contributed by atoms with Gasteiger partial charge in [0.2, 0.25) is 6.23 Å². The molecule has 0 aliphatic carbocycles. The lowest BCUT2D eigenvalue weighted by atomic mass is 9.96. The Morgan fingerprint density at radius 3 is 2.47 bits per heavy atom. The van der Waals surface area contributed by atoms with Gasteiger partial charge in [-0.1, -0.05) is 36.5 Å². The number of ether oxygens (including phenoxy) is 3. The number of methoxy groups -OCH3 is 1. The molecule has 5 nitrogen and oxygen atoms in total. The lowest BCUT2D eigenvalue weighted by Crippen LogP contribution is -2.33. The molecule has 0 fully saturated rings. The molecule has 2 heterocycles. The molecule has 7 heteroatoms. The number of hydrazone groups is 1. The maximum absolute atomic E-state index is 6.57. The van der Waals surface area contributed by atoms with Crippen LogP contribution in [0.1, 0.15) is 55.1 Å². The van der Waals surface area contributed by atoms with Gasteiger partial charge in [0.1, 0.15) is 17.2 Å². The summed E-state index contributed by atoms with van der Waals surface area (Å²) in [4.78, 5) is 0. The van der Waals surface area contributed by atoms with Gasteiger partial charge in [0.05, 0.1) is 30.5 Å². The van der Waals surface area contributed by atoms with Gasteiger partial charge in [-0.15, -0.1) is 0 Å². The van der Waals surface area contributed by atoms with Crippen molar-refractivity contribution in [3.05, 3.63) is 87.4 Å². The minimum Gasteiger partial charge on any atom is -0.497 e. The zero-order valence-corrected chi connectivity index (χ0v) is 20.6. The third kappa shape index (κ3) is 4.42. The predicted octanol–water partition coefficient (Wildman–Crippen LogP) is 7.42. The molecule has 0 saturated heterocycles. The molecule has 5 rings (SSSR count). The second-order valence-corrected chi connectivity index (χ2v) is 9.27. The largest absolute Gasteiger partial charge is 0.497 e. The second kappa shape index (κ2) is 9.77. The summed E-state index contributed by atoms with van der Waals surface area (Å²) in [5.41, 5.74) is 3.94. The van der Waals surface area contributed by atoms with Crippen LogP contribution < -0.4 is 14.2 Å². The van der Waals surface area contributed by atoms with E-state index >= 15 is 0 Å². The van der Waals surface area contributed by atoms with Gasteiger partial charge in [-0.25, -0.2) is 5.01 Å². The van der Waals surface area contributed by atoms with Gasteiger partial charge in [0.25, 0.3) is 0 Å². The van der Waals surface area contributed by atoms with Gasteiger partial charge >= 0.3 is 0 Å². The Kier molecular flexibility index (Phi) is 6.57. The molecule has 0 bridgehead atoms. The number of fused-ring (bicyclic) bond motifs is 3. The van der Waals surface area contributed by atoms with E-state index < -0.39 is 6.23 Å².